The molecule has 0 saturated heterocycles. The summed E-state index contributed by atoms with van der Waals surface area (Å²) in [6.45, 7) is 8.20. The van der Waals surface area contributed by atoms with Crippen LogP contribution in [-0.2, 0) is 25.5 Å². The summed E-state index contributed by atoms with van der Waals surface area (Å²) in [4.78, 5) is 26.0. The van der Waals surface area contributed by atoms with Crippen LogP contribution in [-0.4, -0.2) is 53.6 Å². The van der Waals surface area contributed by atoms with E-state index < -0.39 is 20.8 Å². The van der Waals surface area contributed by atoms with Crippen molar-refractivity contribution in [1.29, 1.82) is 0 Å². The average Bonchev–Trinajstić information content (AvgIpc) is 2.82. The Bertz CT molecular complexity index is 1530. The quantitative estimate of drug-likeness (QED) is 0.425. The van der Waals surface area contributed by atoms with E-state index in [0.29, 0.717) is 53.4 Å². The molecule has 202 valence electrons. The maximum atomic E-state index is 12.2. The fourth-order valence-corrected chi connectivity index (χ4v) is 5.90. The SMILES string of the molecule is CC[C@@](C)(N)c1cnc(OC2CC(S(C)(=O)=O)C2)c2cnc(Nc3ccc4c(n3)C(C)(C)COC4=O)cc12. The Balaban J connectivity index is 1.49. The van der Waals surface area contributed by atoms with E-state index in [0.717, 1.165) is 10.9 Å². The first-order valence-electron chi connectivity index (χ1n) is 12.7. The van der Waals surface area contributed by atoms with Gasteiger partial charge in [0.1, 0.15) is 24.3 Å². The van der Waals surface area contributed by atoms with Gasteiger partial charge >= 0.3 is 5.97 Å². The zero-order valence-corrected chi connectivity index (χ0v) is 23.1. The lowest BCUT2D eigenvalue weighted by atomic mass is 9.85. The molecule has 1 aliphatic heterocycles. The minimum atomic E-state index is -3.08. The topological polar surface area (TPSA) is 146 Å². The van der Waals surface area contributed by atoms with Crippen molar-refractivity contribution >= 4 is 38.2 Å². The van der Waals surface area contributed by atoms with Gasteiger partial charge in [0.15, 0.2) is 9.84 Å². The van der Waals surface area contributed by atoms with Gasteiger partial charge in [-0.3, -0.25) is 0 Å². The van der Waals surface area contributed by atoms with Crippen molar-refractivity contribution in [1.82, 2.24) is 15.0 Å². The van der Waals surface area contributed by atoms with Gasteiger partial charge in [-0.15, -0.1) is 0 Å². The van der Waals surface area contributed by atoms with Crippen LogP contribution >= 0.6 is 0 Å². The van der Waals surface area contributed by atoms with Crippen LogP contribution < -0.4 is 15.8 Å². The molecular weight excluding hydrogens is 506 g/mol. The van der Waals surface area contributed by atoms with Gasteiger partial charge in [-0.25, -0.2) is 28.2 Å². The molecule has 0 radical (unpaired) electrons. The molecule has 1 aliphatic carbocycles. The summed E-state index contributed by atoms with van der Waals surface area (Å²) in [5, 5.41) is 4.41. The number of fused-ring (bicyclic) bond motifs is 2. The van der Waals surface area contributed by atoms with Gasteiger partial charge in [0.2, 0.25) is 5.88 Å². The molecule has 1 atom stereocenters. The highest BCUT2D eigenvalue weighted by Crippen LogP contribution is 2.37. The molecule has 11 heteroatoms. The molecule has 1 saturated carbocycles. The molecule has 10 nitrogen and oxygen atoms in total. The molecule has 0 spiro atoms. The third kappa shape index (κ3) is 4.80. The number of carbonyl (C=O) groups is 1. The second-order valence-corrected chi connectivity index (χ2v) is 13.5. The average molecular weight is 540 g/mol. The number of hydrogen-bond donors (Lipinski definition) is 2. The molecule has 3 aromatic heterocycles. The van der Waals surface area contributed by atoms with Crippen LogP contribution in [0.3, 0.4) is 0 Å². The maximum Gasteiger partial charge on any atom is 0.340 e. The fourth-order valence-electron chi connectivity index (χ4n) is 4.77. The van der Waals surface area contributed by atoms with Crippen LogP contribution in [0.2, 0.25) is 0 Å². The molecule has 1 fully saturated rings. The molecule has 4 heterocycles. The van der Waals surface area contributed by atoms with E-state index in [1.165, 1.54) is 6.26 Å². The first-order valence-corrected chi connectivity index (χ1v) is 14.6. The molecular formula is C27H33N5O5S. The van der Waals surface area contributed by atoms with Crippen molar-refractivity contribution in [2.24, 2.45) is 5.73 Å². The van der Waals surface area contributed by atoms with Crippen LogP contribution in [0.4, 0.5) is 11.6 Å². The molecule has 3 aromatic rings. The molecule has 0 aromatic carbocycles. The van der Waals surface area contributed by atoms with Crippen LogP contribution in [0.5, 0.6) is 5.88 Å². The number of sulfone groups is 1. The highest BCUT2D eigenvalue weighted by molar-refractivity contribution is 7.91. The molecule has 5 rings (SSSR count). The summed E-state index contributed by atoms with van der Waals surface area (Å²) in [5.41, 5.74) is 7.56. The van der Waals surface area contributed by atoms with Crippen LogP contribution in [0.25, 0.3) is 10.8 Å². The number of anilines is 2. The molecule has 3 N–H and O–H groups in total. The molecule has 0 amide bonds. The zero-order chi connectivity index (χ0) is 27.5. The van der Waals surface area contributed by atoms with E-state index in [2.05, 4.69) is 15.3 Å². The highest BCUT2D eigenvalue weighted by atomic mass is 32.2. The molecule has 0 bridgehead atoms. The zero-order valence-electron chi connectivity index (χ0n) is 22.2. The Morgan fingerprint density at radius 2 is 1.92 bits per heavy atom. The predicted molar refractivity (Wildman–Crippen MR) is 144 cm³/mol. The minimum absolute atomic E-state index is 0.223. The van der Waals surface area contributed by atoms with Crippen LogP contribution in [0.1, 0.15) is 68.6 Å². The largest absolute Gasteiger partial charge is 0.474 e. The number of pyridine rings is 3. The Morgan fingerprint density at radius 3 is 2.61 bits per heavy atom. The van der Waals surface area contributed by atoms with Crippen molar-refractivity contribution in [2.45, 2.75) is 69.3 Å². The van der Waals surface area contributed by atoms with Gasteiger partial charge in [-0.2, -0.15) is 0 Å². The lowest BCUT2D eigenvalue weighted by Gasteiger charge is -2.34. The number of nitrogens with one attached hydrogen (secondary N) is 1. The van der Waals surface area contributed by atoms with E-state index in [4.69, 9.17) is 20.2 Å². The molecule has 38 heavy (non-hydrogen) atoms. The Kier molecular flexibility index (Phi) is 6.34. The number of hydrogen-bond acceptors (Lipinski definition) is 10. The Morgan fingerprint density at radius 1 is 1.18 bits per heavy atom. The fraction of sp³-hybridized carbons (Fsp3) is 0.481. The number of ether oxygens (including phenoxy) is 2. The van der Waals surface area contributed by atoms with Gasteiger partial charge in [-0.1, -0.05) is 20.8 Å². The monoisotopic (exact) mass is 539 g/mol. The number of aromatic nitrogens is 3. The summed E-state index contributed by atoms with van der Waals surface area (Å²) in [6.07, 6.45) is 6.00. The van der Waals surface area contributed by atoms with Crippen molar-refractivity contribution < 1.29 is 22.7 Å². The first-order chi connectivity index (χ1) is 17.8. The van der Waals surface area contributed by atoms with Gasteiger partial charge in [0.25, 0.3) is 0 Å². The lowest BCUT2D eigenvalue weighted by molar-refractivity contribution is 0.0366. The normalized spacial score (nSPS) is 22.1. The van der Waals surface area contributed by atoms with Crippen molar-refractivity contribution in [3.8, 4) is 5.88 Å². The highest BCUT2D eigenvalue weighted by Gasteiger charge is 2.38. The van der Waals surface area contributed by atoms with Crippen LogP contribution in [0, 0.1) is 0 Å². The third-order valence-corrected chi connectivity index (χ3v) is 9.19. The van der Waals surface area contributed by atoms with E-state index in [9.17, 15) is 13.2 Å². The van der Waals surface area contributed by atoms with Gasteiger partial charge in [0.05, 0.1) is 21.9 Å². The Labute approximate surface area is 222 Å². The van der Waals surface area contributed by atoms with E-state index in [1.54, 1.807) is 24.5 Å². The second-order valence-electron chi connectivity index (χ2n) is 11.2. The number of esters is 1. The number of nitrogens with two attached hydrogens (primary N) is 1. The standard InChI is InChI=1S/C27H33N5O5S/c1-6-27(4,28)20-13-30-24(37-15-9-16(10-15)38(5,34)35)19-12-29-22(11-18(19)20)31-21-8-7-17-23(32-21)26(2,3)14-36-25(17)33/h7-8,11-13,15-16H,6,9-10,14,28H2,1-5H3,(H,29,31,32)/t15?,16?,27-/m1/s1. The summed E-state index contributed by atoms with van der Waals surface area (Å²) in [7, 11) is -3.08. The first kappa shape index (κ1) is 26.3. The molecule has 0 unspecified atom stereocenters. The summed E-state index contributed by atoms with van der Waals surface area (Å²) in [5.74, 6) is 1.13. The van der Waals surface area contributed by atoms with Crippen molar-refractivity contribution in [3.05, 3.63) is 47.4 Å². The minimum Gasteiger partial charge on any atom is -0.474 e. The van der Waals surface area contributed by atoms with E-state index in [-0.39, 0.29) is 23.9 Å². The van der Waals surface area contributed by atoms with Crippen molar-refractivity contribution in [2.75, 3.05) is 18.2 Å². The Hall–Kier alpha value is -3.31. The maximum absolute atomic E-state index is 12.2. The van der Waals surface area contributed by atoms with Gasteiger partial charge in [-0.05, 0) is 42.5 Å². The summed E-state index contributed by atoms with van der Waals surface area (Å²) >= 11 is 0. The van der Waals surface area contributed by atoms with Gasteiger partial charge < -0.3 is 20.5 Å². The van der Waals surface area contributed by atoms with Gasteiger partial charge in [0, 0.05) is 42.4 Å². The number of rotatable bonds is 7. The smallest absolute Gasteiger partial charge is 0.340 e. The third-order valence-electron chi connectivity index (χ3n) is 7.60. The predicted octanol–water partition coefficient (Wildman–Crippen LogP) is 3.75. The lowest BCUT2D eigenvalue weighted by Crippen LogP contribution is -2.42. The van der Waals surface area contributed by atoms with E-state index in [1.807, 2.05) is 33.8 Å². The number of carbonyl (C=O) groups excluding carboxylic acids is 1. The molecule has 2 aliphatic rings. The summed E-state index contributed by atoms with van der Waals surface area (Å²) < 4.78 is 35.0. The van der Waals surface area contributed by atoms with E-state index >= 15 is 0 Å². The number of nitrogens with zero attached hydrogens (tertiary/aromatic N) is 3. The van der Waals surface area contributed by atoms with Crippen molar-refractivity contribution in [3.63, 3.8) is 0 Å². The summed E-state index contributed by atoms with van der Waals surface area (Å²) in [6, 6.07) is 5.33. The number of cyclic esters (lactones) is 1. The van der Waals surface area contributed by atoms with Crippen LogP contribution in [0.15, 0.2) is 30.6 Å². The second kappa shape index (κ2) is 9.16.